The fraction of sp³-hybridized carbons (Fsp3) is 0.529. The number of sulfonamides is 1. The molecule has 1 aromatic carbocycles. The van der Waals surface area contributed by atoms with Crippen LogP contribution in [-0.4, -0.2) is 49.1 Å². The van der Waals surface area contributed by atoms with Crippen LogP contribution in [0.5, 0.6) is 0 Å². The molecule has 1 aromatic rings. The Kier molecular flexibility index (Phi) is 6.41. The molecule has 1 fully saturated rings. The van der Waals surface area contributed by atoms with Crippen LogP contribution in [0, 0.1) is 5.92 Å². The van der Waals surface area contributed by atoms with Crippen molar-refractivity contribution < 1.29 is 23.1 Å². The fourth-order valence-corrected chi connectivity index (χ4v) is 3.64. The summed E-state index contributed by atoms with van der Waals surface area (Å²) >= 11 is 0. The Morgan fingerprint density at radius 3 is 2.72 bits per heavy atom. The Bertz CT molecular complexity index is 732. The summed E-state index contributed by atoms with van der Waals surface area (Å²) < 4.78 is 26.1. The average molecular weight is 368 g/mol. The molecule has 0 radical (unpaired) electrons. The van der Waals surface area contributed by atoms with Gasteiger partial charge in [-0.25, -0.2) is 8.42 Å². The Labute approximate surface area is 148 Å². The van der Waals surface area contributed by atoms with Gasteiger partial charge in [-0.05, 0) is 44.2 Å². The molecule has 0 saturated carbocycles. The molecule has 138 valence electrons. The van der Waals surface area contributed by atoms with Crippen molar-refractivity contribution in [2.75, 3.05) is 23.6 Å². The van der Waals surface area contributed by atoms with E-state index < -0.39 is 16.0 Å². The molecule has 1 heterocycles. The third kappa shape index (κ3) is 5.45. The van der Waals surface area contributed by atoms with E-state index >= 15 is 0 Å². The van der Waals surface area contributed by atoms with Crippen LogP contribution in [0.4, 0.5) is 5.69 Å². The van der Waals surface area contributed by atoms with Gasteiger partial charge in [0.2, 0.25) is 10.0 Å². The number of carbonyl (C=O) groups is 2. The highest BCUT2D eigenvalue weighted by atomic mass is 32.2. The van der Waals surface area contributed by atoms with Gasteiger partial charge in [-0.3, -0.25) is 14.3 Å². The molecule has 8 heteroatoms. The van der Waals surface area contributed by atoms with Crippen molar-refractivity contribution in [3.8, 4) is 0 Å². The first-order valence-electron chi connectivity index (χ1n) is 8.43. The first-order valence-corrected chi connectivity index (χ1v) is 10.1. The second kappa shape index (κ2) is 8.33. The molecule has 0 bridgehead atoms. The average Bonchev–Trinajstić information content (AvgIpc) is 2.60. The molecule has 1 unspecified atom stereocenters. The van der Waals surface area contributed by atoms with Gasteiger partial charge >= 0.3 is 5.97 Å². The molecule has 1 saturated heterocycles. The number of nitrogens with zero attached hydrogens (tertiary/aromatic N) is 1. The molecule has 0 aromatic heterocycles. The second-order valence-electron chi connectivity index (χ2n) is 6.24. The van der Waals surface area contributed by atoms with Crippen LogP contribution >= 0.6 is 0 Å². The van der Waals surface area contributed by atoms with E-state index in [-0.39, 0.29) is 29.7 Å². The maximum atomic E-state index is 12.9. The summed E-state index contributed by atoms with van der Waals surface area (Å²) in [6, 6.07) is 6.56. The number of amides is 1. The van der Waals surface area contributed by atoms with Crippen molar-refractivity contribution in [1.82, 2.24) is 4.90 Å². The molecule has 1 aliphatic heterocycles. The van der Waals surface area contributed by atoms with Gasteiger partial charge in [-0.15, -0.1) is 0 Å². The van der Waals surface area contributed by atoms with E-state index in [0.29, 0.717) is 25.1 Å². The summed E-state index contributed by atoms with van der Waals surface area (Å²) in [6.07, 6.45) is 2.36. The van der Waals surface area contributed by atoms with Gasteiger partial charge in [0.1, 0.15) is 0 Å². The SMILES string of the molecule is CCS(=O)(=O)Nc1ccccc1C(=O)N1CCCC(CCC(=O)O)C1. The maximum absolute atomic E-state index is 12.9. The number of aliphatic carboxylic acids is 1. The monoisotopic (exact) mass is 368 g/mol. The highest BCUT2D eigenvalue weighted by Crippen LogP contribution is 2.25. The van der Waals surface area contributed by atoms with Crippen LogP contribution in [0.3, 0.4) is 0 Å². The van der Waals surface area contributed by atoms with Crippen LogP contribution in [0.2, 0.25) is 0 Å². The standard InChI is InChI=1S/C17H24N2O5S/c1-2-25(23,24)18-15-8-4-3-7-14(15)17(22)19-11-5-6-13(12-19)9-10-16(20)21/h3-4,7-8,13,18H,2,5-6,9-12H2,1H3,(H,20,21). The summed E-state index contributed by atoms with van der Waals surface area (Å²) in [4.78, 5) is 25.3. The zero-order valence-corrected chi connectivity index (χ0v) is 15.1. The molecule has 7 nitrogen and oxygen atoms in total. The third-order valence-corrected chi connectivity index (χ3v) is 5.67. The Morgan fingerprint density at radius 1 is 1.32 bits per heavy atom. The number of carboxylic acids is 1. The number of hydrogen-bond acceptors (Lipinski definition) is 4. The number of carboxylic acid groups (broad SMARTS) is 1. The summed E-state index contributed by atoms with van der Waals surface area (Å²) in [5.41, 5.74) is 0.598. The van der Waals surface area contributed by atoms with Gasteiger partial charge < -0.3 is 10.0 Å². The van der Waals surface area contributed by atoms with Gasteiger partial charge in [0.05, 0.1) is 17.0 Å². The lowest BCUT2D eigenvalue weighted by Crippen LogP contribution is -2.40. The summed E-state index contributed by atoms with van der Waals surface area (Å²) in [5, 5.41) is 8.82. The van der Waals surface area contributed by atoms with E-state index in [0.717, 1.165) is 12.8 Å². The number of anilines is 1. The molecule has 25 heavy (non-hydrogen) atoms. The lowest BCUT2D eigenvalue weighted by atomic mass is 9.93. The zero-order chi connectivity index (χ0) is 18.4. The summed E-state index contributed by atoms with van der Waals surface area (Å²) in [5.74, 6) is -0.971. The van der Waals surface area contributed by atoms with E-state index in [2.05, 4.69) is 4.72 Å². The van der Waals surface area contributed by atoms with Crippen molar-refractivity contribution in [2.24, 2.45) is 5.92 Å². The third-order valence-electron chi connectivity index (χ3n) is 4.38. The van der Waals surface area contributed by atoms with Crippen molar-refractivity contribution in [3.63, 3.8) is 0 Å². The number of benzene rings is 1. The van der Waals surface area contributed by atoms with Crippen LogP contribution in [-0.2, 0) is 14.8 Å². The predicted molar refractivity (Wildman–Crippen MR) is 95.0 cm³/mol. The maximum Gasteiger partial charge on any atom is 0.303 e. The lowest BCUT2D eigenvalue weighted by molar-refractivity contribution is -0.137. The van der Waals surface area contributed by atoms with Crippen LogP contribution in [0.15, 0.2) is 24.3 Å². The minimum absolute atomic E-state index is 0.0729. The van der Waals surface area contributed by atoms with E-state index in [4.69, 9.17) is 5.11 Å². The Balaban J connectivity index is 2.13. The van der Waals surface area contributed by atoms with Crippen molar-refractivity contribution in [3.05, 3.63) is 29.8 Å². The number of carbonyl (C=O) groups excluding carboxylic acids is 1. The molecule has 2 N–H and O–H groups in total. The Hall–Kier alpha value is -2.09. The van der Waals surface area contributed by atoms with E-state index in [1.165, 1.54) is 6.92 Å². The van der Waals surface area contributed by atoms with Gasteiger partial charge in [0.25, 0.3) is 5.91 Å². The zero-order valence-electron chi connectivity index (χ0n) is 14.3. The van der Waals surface area contributed by atoms with Crippen LogP contribution in [0.25, 0.3) is 0 Å². The first-order chi connectivity index (χ1) is 11.8. The molecule has 1 aliphatic rings. The normalized spacial score (nSPS) is 18.0. The van der Waals surface area contributed by atoms with Crippen LogP contribution in [0.1, 0.15) is 43.0 Å². The fourth-order valence-electron chi connectivity index (χ4n) is 2.98. The molecule has 0 aliphatic carbocycles. The van der Waals surface area contributed by atoms with Gasteiger partial charge in [-0.1, -0.05) is 12.1 Å². The number of rotatable bonds is 7. The second-order valence-corrected chi connectivity index (χ2v) is 8.25. The largest absolute Gasteiger partial charge is 0.481 e. The first kappa shape index (κ1) is 19.2. The summed E-state index contributed by atoms with van der Waals surface area (Å²) in [7, 11) is -3.47. The van der Waals surface area contributed by atoms with E-state index in [1.54, 1.807) is 29.2 Å². The Morgan fingerprint density at radius 2 is 2.04 bits per heavy atom. The highest BCUT2D eigenvalue weighted by molar-refractivity contribution is 7.92. The summed E-state index contributed by atoms with van der Waals surface area (Å²) in [6.45, 7) is 2.63. The molecule has 1 atom stereocenters. The minimum Gasteiger partial charge on any atom is -0.481 e. The number of nitrogens with one attached hydrogen (secondary N) is 1. The van der Waals surface area contributed by atoms with Crippen molar-refractivity contribution in [2.45, 2.75) is 32.6 Å². The van der Waals surface area contributed by atoms with Gasteiger partial charge in [0, 0.05) is 19.5 Å². The quantitative estimate of drug-likeness (QED) is 0.767. The molecular formula is C17H24N2O5S. The molecule has 2 rings (SSSR count). The van der Waals surface area contributed by atoms with E-state index in [1.807, 2.05) is 0 Å². The molecule has 0 spiro atoms. The van der Waals surface area contributed by atoms with Crippen LogP contribution < -0.4 is 4.72 Å². The highest BCUT2D eigenvalue weighted by Gasteiger charge is 2.26. The van der Waals surface area contributed by atoms with E-state index in [9.17, 15) is 18.0 Å². The number of hydrogen-bond donors (Lipinski definition) is 2. The topological polar surface area (TPSA) is 104 Å². The minimum atomic E-state index is -3.47. The molecular weight excluding hydrogens is 344 g/mol. The number of likely N-dealkylation sites (tertiary alicyclic amines) is 1. The van der Waals surface area contributed by atoms with Crippen molar-refractivity contribution >= 4 is 27.6 Å². The smallest absolute Gasteiger partial charge is 0.303 e. The van der Waals surface area contributed by atoms with Gasteiger partial charge in [-0.2, -0.15) is 0 Å². The number of piperidine rings is 1. The predicted octanol–water partition coefficient (Wildman–Crippen LogP) is 2.17. The van der Waals surface area contributed by atoms with Crippen molar-refractivity contribution in [1.29, 1.82) is 0 Å². The molecule has 1 amide bonds. The van der Waals surface area contributed by atoms with Gasteiger partial charge in [0.15, 0.2) is 0 Å². The number of para-hydroxylation sites is 1. The lowest BCUT2D eigenvalue weighted by Gasteiger charge is -2.33.